The summed E-state index contributed by atoms with van der Waals surface area (Å²) in [6.45, 7) is 1.48. The number of benzene rings is 2. The summed E-state index contributed by atoms with van der Waals surface area (Å²) < 4.78 is 11.5. The molecule has 126 valence electrons. The zero-order chi connectivity index (χ0) is 17.5. The molecule has 0 aromatic heterocycles. The second-order valence-corrected chi connectivity index (χ2v) is 7.21. The fourth-order valence-corrected chi connectivity index (χ4v) is 3.45. The molecule has 0 aliphatic heterocycles. The molecule has 0 saturated carbocycles. The molecule has 0 amide bonds. The van der Waals surface area contributed by atoms with Crippen molar-refractivity contribution in [3.8, 4) is 5.75 Å². The quantitative estimate of drug-likeness (QED) is 0.436. The molecule has 0 atom stereocenters. The molecule has 0 unspecified atom stereocenters. The highest BCUT2D eigenvalue weighted by atomic mass is 79.9. The van der Waals surface area contributed by atoms with Crippen molar-refractivity contribution in [2.24, 2.45) is 0 Å². The number of ether oxygens (including phenoxy) is 2. The largest absolute Gasteiger partial charge is 0.496 e. The lowest BCUT2D eigenvalue weighted by Crippen LogP contribution is -2.03. The van der Waals surface area contributed by atoms with E-state index in [1.165, 1.54) is 18.7 Å². The number of rotatable bonds is 6. The van der Waals surface area contributed by atoms with E-state index in [9.17, 15) is 4.79 Å². The minimum atomic E-state index is -0.353. The first kappa shape index (κ1) is 18.9. The van der Waals surface area contributed by atoms with Crippen LogP contribution in [-0.2, 0) is 9.53 Å². The van der Waals surface area contributed by atoms with Crippen LogP contribution in [0.1, 0.15) is 12.5 Å². The van der Waals surface area contributed by atoms with E-state index >= 15 is 0 Å². The molecule has 2 aromatic carbocycles. The first-order valence-corrected chi connectivity index (χ1v) is 9.09. The van der Waals surface area contributed by atoms with E-state index in [2.05, 4.69) is 15.9 Å². The predicted octanol–water partition coefficient (Wildman–Crippen LogP) is 5.72. The van der Waals surface area contributed by atoms with Crippen molar-refractivity contribution in [1.29, 1.82) is 0 Å². The third-order valence-corrected chi connectivity index (χ3v) is 5.26. The maximum Gasteiger partial charge on any atom is 0.302 e. The number of halogens is 2. The van der Waals surface area contributed by atoms with Crippen molar-refractivity contribution < 1.29 is 14.3 Å². The first-order valence-electron chi connectivity index (χ1n) is 7.10. The van der Waals surface area contributed by atoms with Crippen molar-refractivity contribution in [1.82, 2.24) is 0 Å². The van der Waals surface area contributed by atoms with Gasteiger partial charge in [-0.3, -0.25) is 4.79 Å². The Hall–Kier alpha value is -1.43. The van der Waals surface area contributed by atoms with Gasteiger partial charge in [-0.15, -0.1) is 0 Å². The van der Waals surface area contributed by atoms with Gasteiger partial charge >= 0.3 is 5.97 Å². The van der Waals surface area contributed by atoms with Gasteiger partial charge in [-0.1, -0.05) is 63.6 Å². The summed E-state index contributed by atoms with van der Waals surface area (Å²) in [5.74, 6) is 0.386. The summed E-state index contributed by atoms with van der Waals surface area (Å²) in [6, 6.07) is 15.3. The highest BCUT2D eigenvalue weighted by Gasteiger charge is 2.14. The third-order valence-electron chi connectivity index (χ3n) is 3.05. The van der Waals surface area contributed by atoms with Crippen molar-refractivity contribution >= 4 is 50.3 Å². The number of methoxy groups -OCH3 is 1. The van der Waals surface area contributed by atoms with E-state index in [0.717, 1.165) is 25.6 Å². The highest BCUT2D eigenvalue weighted by molar-refractivity contribution is 9.10. The summed E-state index contributed by atoms with van der Waals surface area (Å²) in [7, 11) is 1.62. The number of thioether (sulfide) groups is 1. The zero-order valence-corrected chi connectivity index (χ0v) is 16.4. The lowest BCUT2D eigenvalue weighted by molar-refractivity contribution is -0.139. The maximum atomic E-state index is 11.2. The van der Waals surface area contributed by atoms with Crippen LogP contribution in [-0.4, -0.2) is 19.7 Å². The summed E-state index contributed by atoms with van der Waals surface area (Å²) in [6.07, 6.45) is 0. The molecule has 3 nitrogen and oxygen atoms in total. The second-order valence-electron chi connectivity index (χ2n) is 4.78. The monoisotopic (exact) mass is 426 g/mol. The van der Waals surface area contributed by atoms with Gasteiger partial charge in [0.15, 0.2) is 0 Å². The smallest absolute Gasteiger partial charge is 0.302 e. The molecule has 0 N–H and O–H groups in total. The average molecular weight is 428 g/mol. The standard InChI is InChI=1S/C18H16BrClO3S/c1-12(21)23-11-17(18(20)13-7-9-14(19)10-8-13)24-16-6-4-3-5-15(16)22-2/h3-10H,11H2,1-2H3/b18-17-. The van der Waals surface area contributed by atoms with Gasteiger partial charge in [0, 0.05) is 16.3 Å². The maximum absolute atomic E-state index is 11.2. The molecule has 24 heavy (non-hydrogen) atoms. The molecule has 0 spiro atoms. The van der Waals surface area contributed by atoms with Crippen LogP contribution in [0.3, 0.4) is 0 Å². The topological polar surface area (TPSA) is 35.5 Å². The molecule has 0 aliphatic rings. The Morgan fingerprint density at radius 2 is 1.83 bits per heavy atom. The summed E-state index contributed by atoms with van der Waals surface area (Å²) in [5.41, 5.74) is 0.851. The molecule has 2 rings (SSSR count). The number of esters is 1. The normalized spacial score (nSPS) is 11.7. The third kappa shape index (κ3) is 5.30. The Bertz CT molecular complexity index is 744. The van der Waals surface area contributed by atoms with Gasteiger partial charge in [-0.05, 0) is 29.8 Å². The van der Waals surface area contributed by atoms with Gasteiger partial charge in [0.25, 0.3) is 0 Å². The van der Waals surface area contributed by atoms with Gasteiger partial charge in [-0.25, -0.2) is 0 Å². The minimum absolute atomic E-state index is 0.104. The molecule has 2 aromatic rings. The summed E-state index contributed by atoms with van der Waals surface area (Å²) in [4.78, 5) is 12.8. The molecule has 0 heterocycles. The molecule has 6 heteroatoms. The van der Waals surface area contributed by atoms with Crippen LogP contribution in [0.15, 0.2) is 62.8 Å². The van der Waals surface area contributed by atoms with Crippen molar-refractivity contribution in [2.45, 2.75) is 11.8 Å². The Balaban J connectivity index is 2.37. The molecule has 0 saturated heterocycles. The molecule has 0 aliphatic carbocycles. The lowest BCUT2D eigenvalue weighted by Gasteiger charge is -2.13. The number of hydrogen-bond donors (Lipinski definition) is 0. The Morgan fingerprint density at radius 1 is 1.17 bits per heavy atom. The first-order chi connectivity index (χ1) is 11.5. The zero-order valence-electron chi connectivity index (χ0n) is 13.2. The molecular formula is C18H16BrClO3S. The molecule has 0 fully saturated rings. The van der Waals surface area contributed by atoms with Crippen LogP contribution in [0.25, 0.3) is 5.03 Å². The fraction of sp³-hybridized carbons (Fsp3) is 0.167. The Kier molecular flexibility index (Phi) is 7.21. The van der Waals surface area contributed by atoms with Gasteiger partial charge in [0.2, 0.25) is 0 Å². The number of carbonyl (C=O) groups is 1. The van der Waals surface area contributed by atoms with E-state index in [1.807, 2.05) is 48.5 Å². The van der Waals surface area contributed by atoms with Gasteiger partial charge in [-0.2, -0.15) is 0 Å². The Morgan fingerprint density at radius 3 is 2.46 bits per heavy atom. The average Bonchev–Trinajstić information content (AvgIpc) is 2.58. The summed E-state index contributed by atoms with van der Waals surface area (Å²) >= 11 is 11.4. The van der Waals surface area contributed by atoms with Crippen LogP contribution < -0.4 is 4.74 Å². The van der Waals surface area contributed by atoms with Crippen LogP contribution >= 0.6 is 39.3 Å². The van der Waals surface area contributed by atoms with Gasteiger partial charge < -0.3 is 9.47 Å². The van der Waals surface area contributed by atoms with E-state index in [-0.39, 0.29) is 12.6 Å². The van der Waals surface area contributed by atoms with Crippen LogP contribution in [0, 0.1) is 0 Å². The van der Waals surface area contributed by atoms with Crippen LogP contribution in [0.4, 0.5) is 0 Å². The van der Waals surface area contributed by atoms with E-state index in [0.29, 0.717) is 5.03 Å². The minimum Gasteiger partial charge on any atom is -0.496 e. The Labute approximate surface area is 159 Å². The molecular weight excluding hydrogens is 412 g/mol. The SMILES string of the molecule is COc1ccccc1S/C(COC(C)=O)=C(\Cl)c1ccc(Br)cc1. The number of hydrogen-bond acceptors (Lipinski definition) is 4. The van der Waals surface area contributed by atoms with Crippen LogP contribution in [0.5, 0.6) is 5.75 Å². The second kappa shape index (κ2) is 9.16. The van der Waals surface area contributed by atoms with Crippen molar-refractivity contribution in [3.05, 3.63) is 63.5 Å². The predicted molar refractivity (Wildman–Crippen MR) is 102 cm³/mol. The van der Waals surface area contributed by atoms with Crippen molar-refractivity contribution in [2.75, 3.05) is 13.7 Å². The van der Waals surface area contributed by atoms with Crippen molar-refractivity contribution in [3.63, 3.8) is 0 Å². The highest BCUT2D eigenvalue weighted by Crippen LogP contribution is 2.39. The number of carbonyl (C=O) groups excluding carboxylic acids is 1. The van der Waals surface area contributed by atoms with E-state index in [4.69, 9.17) is 21.1 Å². The molecule has 0 bridgehead atoms. The van der Waals surface area contributed by atoms with E-state index < -0.39 is 0 Å². The van der Waals surface area contributed by atoms with E-state index in [1.54, 1.807) is 7.11 Å². The summed E-state index contributed by atoms with van der Waals surface area (Å²) in [5, 5.41) is 0.541. The fourth-order valence-electron chi connectivity index (χ4n) is 1.90. The van der Waals surface area contributed by atoms with Gasteiger partial charge in [0.05, 0.1) is 17.0 Å². The number of para-hydroxylation sites is 1. The lowest BCUT2D eigenvalue weighted by atomic mass is 10.2. The van der Waals surface area contributed by atoms with Gasteiger partial charge in [0.1, 0.15) is 12.4 Å². The molecule has 0 radical (unpaired) electrons. The van der Waals surface area contributed by atoms with Crippen LogP contribution in [0.2, 0.25) is 0 Å².